The number of hydrogen-bond acceptors (Lipinski definition) is 6. The number of fused-ring (bicyclic) bond motifs is 2. The van der Waals surface area contributed by atoms with Crippen LogP contribution in [0.4, 0.5) is 4.39 Å². The van der Waals surface area contributed by atoms with Crippen LogP contribution in [-0.4, -0.2) is 43.2 Å². The number of carboxylic acid groups (broad SMARTS) is 1. The van der Waals surface area contributed by atoms with Crippen LogP contribution in [0, 0.1) is 5.82 Å². The van der Waals surface area contributed by atoms with E-state index >= 15 is 0 Å². The molecule has 1 atom stereocenters. The van der Waals surface area contributed by atoms with Crippen molar-refractivity contribution in [3.63, 3.8) is 0 Å². The molecule has 0 radical (unpaired) electrons. The molecule has 1 aromatic carbocycles. The van der Waals surface area contributed by atoms with Crippen LogP contribution in [0.1, 0.15) is 75.7 Å². The highest BCUT2D eigenvalue weighted by Gasteiger charge is 2.28. The van der Waals surface area contributed by atoms with Gasteiger partial charge in [-0.15, -0.1) is 0 Å². The molecule has 0 unspecified atom stereocenters. The molecule has 1 aliphatic carbocycles. The predicted octanol–water partition coefficient (Wildman–Crippen LogP) is 2.94. The highest BCUT2D eigenvalue weighted by atomic mass is 19.1. The molecule has 0 aliphatic heterocycles. The van der Waals surface area contributed by atoms with Gasteiger partial charge in [0.1, 0.15) is 11.3 Å². The summed E-state index contributed by atoms with van der Waals surface area (Å²) < 4.78 is 20.3. The van der Waals surface area contributed by atoms with Crippen molar-refractivity contribution in [1.82, 2.24) is 19.9 Å². The summed E-state index contributed by atoms with van der Waals surface area (Å²) in [6.07, 6.45) is 2.10. The molecular formula is C22H21FN4O5. The number of hydrogen-bond donors (Lipinski definition) is 2. The number of benzene rings is 1. The van der Waals surface area contributed by atoms with Crippen LogP contribution in [0.15, 0.2) is 30.5 Å². The summed E-state index contributed by atoms with van der Waals surface area (Å²) in [6.45, 7) is 5.38. The first-order chi connectivity index (χ1) is 15.0. The van der Waals surface area contributed by atoms with E-state index in [1.165, 1.54) is 0 Å². The second kappa shape index (κ2) is 7.70. The number of rotatable bonds is 4. The Morgan fingerprint density at radius 3 is 2.69 bits per heavy atom. The molecule has 166 valence electrons. The van der Waals surface area contributed by atoms with Gasteiger partial charge in [0, 0.05) is 6.07 Å². The third-order valence-corrected chi connectivity index (χ3v) is 5.04. The number of halogens is 1. The number of aromatic carboxylic acids is 1. The monoisotopic (exact) mass is 440 g/mol. The van der Waals surface area contributed by atoms with Gasteiger partial charge in [0.2, 0.25) is 0 Å². The first-order valence-corrected chi connectivity index (χ1v) is 9.98. The predicted molar refractivity (Wildman–Crippen MR) is 110 cm³/mol. The van der Waals surface area contributed by atoms with Crippen molar-refractivity contribution < 1.29 is 28.6 Å². The van der Waals surface area contributed by atoms with E-state index in [1.807, 2.05) is 0 Å². The SMILES string of the molecule is CC(C)(C)OC(=O)c1ccc2c(c1)CC[C@@H]2NC(=O)c1cc(C(=O)O)nc2c(F)cnn12. The molecule has 0 spiro atoms. The highest BCUT2D eigenvalue weighted by molar-refractivity contribution is 5.96. The summed E-state index contributed by atoms with van der Waals surface area (Å²) in [4.78, 5) is 40.3. The van der Waals surface area contributed by atoms with E-state index in [-0.39, 0.29) is 17.4 Å². The standard InChI is InChI=1S/C22H21FN4O5/c1-22(2,3)32-21(31)12-4-6-13-11(8-12)5-7-15(13)26-19(28)17-9-16(20(29)30)25-18-14(23)10-24-27(17)18/h4,6,8-10,15H,5,7H2,1-3H3,(H,26,28)(H,29,30)/t15-/m0/s1. The molecule has 10 heteroatoms. The van der Waals surface area contributed by atoms with Crippen LogP contribution in [0.25, 0.3) is 5.65 Å². The first-order valence-electron chi connectivity index (χ1n) is 9.98. The number of esters is 1. The van der Waals surface area contributed by atoms with Gasteiger partial charge in [-0.2, -0.15) is 5.10 Å². The summed E-state index contributed by atoms with van der Waals surface area (Å²) in [7, 11) is 0. The number of ether oxygens (including phenoxy) is 1. The molecule has 3 aromatic rings. The van der Waals surface area contributed by atoms with Gasteiger partial charge in [0.05, 0.1) is 17.8 Å². The number of nitrogens with one attached hydrogen (secondary N) is 1. The van der Waals surface area contributed by atoms with E-state index in [2.05, 4.69) is 15.4 Å². The molecule has 9 nitrogen and oxygen atoms in total. The minimum atomic E-state index is -1.39. The third kappa shape index (κ3) is 4.03. The van der Waals surface area contributed by atoms with E-state index in [0.29, 0.717) is 18.4 Å². The molecule has 4 rings (SSSR count). The Labute approximate surface area is 182 Å². The first kappa shape index (κ1) is 21.4. The number of carbonyl (C=O) groups excluding carboxylic acids is 2. The lowest BCUT2D eigenvalue weighted by atomic mass is 10.0. The minimum Gasteiger partial charge on any atom is -0.477 e. The van der Waals surface area contributed by atoms with Crippen molar-refractivity contribution in [3.8, 4) is 0 Å². The molecule has 32 heavy (non-hydrogen) atoms. The fourth-order valence-electron chi connectivity index (χ4n) is 3.67. The average molecular weight is 440 g/mol. The van der Waals surface area contributed by atoms with Gasteiger partial charge < -0.3 is 15.2 Å². The zero-order valence-corrected chi connectivity index (χ0v) is 17.7. The van der Waals surface area contributed by atoms with Crippen molar-refractivity contribution in [2.24, 2.45) is 0 Å². The number of amides is 1. The number of aryl methyl sites for hydroxylation is 1. The van der Waals surface area contributed by atoms with Crippen molar-refractivity contribution in [2.45, 2.75) is 45.3 Å². The smallest absolute Gasteiger partial charge is 0.354 e. The molecule has 1 amide bonds. The van der Waals surface area contributed by atoms with Crippen molar-refractivity contribution in [3.05, 3.63) is 64.4 Å². The number of carboxylic acids is 1. The average Bonchev–Trinajstić information content (AvgIpc) is 3.29. The summed E-state index contributed by atoms with van der Waals surface area (Å²) in [5, 5.41) is 15.9. The molecule has 2 aromatic heterocycles. The van der Waals surface area contributed by atoms with Crippen LogP contribution in [0.3, 0.4) is 0 Å². The summed E-state index contributed by atoms with van der Waals surface area (Å²) in [5.41, 5.74) is 0.633. The topological polar surface area (TPSA) is 123 Å². The van der Waals surface area contributed by atoms with Crippen molar-refractivity contribution in [2.75, 3.05) is 0 Å². The Morgan fingerprint density at radius 2 is 2.00 bits per heavy atom. The maximum atomic E-state index is 13.9. The Hall–Kier alpha value is -3.82. The maximum absolute atomic E-state index is 13.9. The quantitative estimate of drug-likeness (QED) is 0.598. The Balaban J connectivity index is 1.59. The number of carbonyl (C=O) groups is 3. The molecule has 2 heterocycles. The number of aromatic nitrogens is 3. The Kier molecular flexibility index (Phi) is 5.15. The van der Waals surface area contributed by atoms with Gasteiger partial charge >= 0.3 is 11.9 Å². The lowest BCUT2D eigenvalue weighted by Gasteiger charge is -2.20. The van der Waals surface area contributed by atoms with E-state index in [4.69, 9.17) is 4.74 Å². The lowest BCUT2D eigenvalue weighted by molar-refractivity contribution is 0.00690. The second-order valence-corrected chi connectivity index (χ2v) is 8.54. The Morgan fingerprint density at radius 1 is 1.25 bits per heavy atom. The summed E-state index contributed by atoms with van der Waals surface area (Å²) in [5.74, 6) is -3.25. The molecule has 0 saturated heterocycles. The van der Waals surface area contributed by atoms with Crippen LogP contribution < -0.4 is 5.32 Å². The van der Waals surface area contributed by atoms with Crippen molar-refractivity contribution >= 4 is 23.5 Å². The van der Waals surface area contributed by atoms with E-state index < -0.39 is 35.0 Å². The number of nitrogens with zero attached hydrogens (tertiary/aromatic N) is 3. The van der Waals surface area contributed by atoms with E-state index in [9.17, 15) is 23.9 Å². The zero-order valence-electron chi connectivity index (χ0n) is 17.7. The van der Waals surface area contributed by atoms with Gasteiger partial charge in [-0.25, -0.2) is 23.5 Å². The van der Waals surface area contributed by atoms with Gasteiger partial charge in [-0.3, -0.25) is 4.79 Å². The van der Waals surface area contributed by atoms with Crippen LogP contribution in [0.2, 0.25) is 0 Å². The molecule has 0 fully saturated rings. The summed E-state index contributed by atoms with van der Waals surface area (Å²) >= 11 is 0. The maximum Gasteiger partial charge on any atom is 0.354 e. The van der Waals surface area contributed by atoms with Crippen LogP contribution >= 0.6 is 0 Å². The minimum absolute atomic E-state index is 0.143. The fraction of sp³-hybridized carbons (Fsp3) is 0.318. The normalized spacial score (nSPS) is 15.4. The second-order valence-electron chi connectivity index (χ2n) is 8.54. The molecule has 1 aliphatic rings. The van der Waals surface area contributed by atoms with Crippen LogP contribution in [0.5, 0.6) is 0 Å². The van der Waals surface area contributed by atoms with E-state index in [1.54, 1.807) is 39.0 Å². The lowest BCUT2D eigenvalue weighted by Crippen LogP contribution is -2.29. The van der Waals surface area contributed by atoms with Crippen molar-refractivity contribution in [1.29, 1.82) is 0 Å². The fourth-order valence-corrected chi connectivity index (χ4v) is 3.67. The van der Waals surface area contributed by atoms with Crippen LogP contribution in [-0.2, 0) is 11.2 Å². The van der Waals surface area contributed by atoms with E-state index in [0.717, 1.165) is 27.9 Å². The van der Waals surface area contributed by atoms with Gasteiger partial charge in [0.25, 0.3) is 5.91 Å². The highest BCUT2D eigenvalue weighted by Crippen LogP contribution is 2.32. The summed E-state index contributed by atoms with van der Waals surface area (Å²) in [6, 6.07) is 5.87. The molecule has 0 bridgehead atoms. The molecule has 0 saturated carbocycles. The zero-order chi connectivity index (χ0) is 23.2. The third-order valence-electron chi connectivity index (χ3n) is 5.04. The van der Waals surface area contributed by atoms with Gasteiger partial charge in [0.15, 0.2) is 17.2 Å². The van der Waals surface area contributed by atoms with Gasteiger partial charge in [-0.05, 0) is 56.9 Å². The largest absolute Gasteiger partial charge is 0.477 e. The van der Waals surface area contributed by atoms with Gasteiger partial charge in [-0.1, -0.05) is 6.07 Å². The molecule has 2 N–H and O–H groups in total. The molecular weight excluding hydrogens is 419 g/mol. The Bertz CT molecular complexity index is 1260.